The third-order valence-corrected chi connectivity index (χ3v) is 0.997. The molecule has 0 aromatic carbocycles. The van der Waals surface area contributed by atoms with Gasteiger partial charge in [-0.1, -0.05) is 0 Å². The maximum absolute atomic E-state index is 10.0. The molecule has 0 spiro atoms. The first-order valence-electron chi connectivity index (χ1n) is 2.52. The molecular formula is C4H5N3O3. The topological polar surface area (TPSA) is 87.8 Å². The number of hydrogen-bond acceptors (Lipinski definition) is 5. The summed E-state index contributed by atoms with van der Waals surface area (Å²) in [5, 5.41) is 21.2. The molecule has 0 amide bonds. The van der Waals surface area contributed by atoms with Gasteiger partial charge in [-0.05, 0) is 0 Å². The van der Waals surface area contributed by atoms with Crippen LogP contribution in [0.5, 0.6) is 0 Å². The van der Waals surface area contributed by atoms with Crippen LogP contribution in [-0.2, 0) is 0 Å². The SMILES string of the molecule is O=[N+]([O-])C1=CNC=NC1O. The van der Waals surface area contributed by atoms with Gasteiger partial charge in [-0.15, -0.1) is 0 Å². The van der Waals surface area contributed by atoms with Crippen LogP contribution in [0.1, 0.15) is 0 Å². The van der Waals surface area contributed by atoms with Crippen molar-refractivity contribution in [1.82, 2.24) is 5.32 Å². The van der Waals surface area contributed by atoms with E-state index in [1.165, 1.54) is 6.34 Å². The summed E-state index contributed by atoms with van der Waals surface area (Å²) in [5.41, 5.74) is -0.345. The smallest absolute Gasteiger partial charge is 0.312 e. The highest BCUT2D eigenvalue weighted by Gasteiger charge is 2.22. The van der Waals surface area contributed by atoms with Crippen molar-refractivity contribution in [2.45, 2.75) is 6.23 Å². The average molecular weight is 143 g/mol. The monoisotopic (exact) mass is 143 g/mol. The number of nitrogens with one attached hydrogen (secondary N) is 1. The largest absolute Gasteiger partial charge is 0.363 e. The van der Waals surface area contributed by atoms with Crippen LogP contribution in [0.2, 0.25) is 0 Å². The second kappa shape index (κ2) is 2.44. The average Bonchev–Trinajstić information content (AvgIpc) is 1.88. The number of aliphatic imine (C=N–C) groups is 1. The molecule has 0 aromatic heterocycles. The second-order valence-corrected chi connectivity index (χ2v) is 1.64. The number of hydrogen-bond donors (Lipinski definition) is 2. The maximum Gasteiger partial charge on any atom is 0.312 e. The predicted octanol–water partition coefficient (Wildman–Crippen LogP) is -0.946. The summed E-state index contributed by atoms with van der Waals surface area (Å²) in [6.45, 7) is 0. The summed E-state index contributed by atoms with van der Waals surface area (Å²) in [7, 11) is 0. The molecule has 0 fully saturated rings. The number of rotatable bonds is 1. The van der Waals surface area contributed by atoms with Gasteiger partial charge < -0.3 is 10.4 Å². The van der Waals surface area contributed by atoms with Gasteiger partial charge in [0.2, 0.25) is 6.23 Å². The van der Waals surface area contributed by atoms with Gasteiger partial charge in [-0.3, -0.25) is 10.1 Å². The van der Waals surface area contributed by atoms with E-state index in [0.29, 0.717) is 0 Å². The molecule has 1 atom stereocenters. The van der Waals surface area contributed by atoms with Gasteiger partial charge in [-0.25, -0.2) is 4.99 Å². The van der Waals surface area contributed by atoms with Gasteiger partial charge in [-0.2, -0.15) is 0 Å². The minimum absolute atomic E-state index is 0.345. The van der Waals surface area contributed by atoms with Crippen LogP contribution in [0.15, 0.2) is 16.9 Å². The number of aliphatic hydroxyl groups excluding tert-OH is 1. The van der Waals surface area contributed by atoms with Crippen LogP contribution in [0.25, 0.3) is 0 Å². The normalized spacial score (nSPS) is 23.3. The molecule has 2 N–H and O–H groups in total. The molecule has 0 saturated carbocycles. The quantitative estimate of drug-likeness (QED) is 0.366. The van der Waals surface area contributed by atoms with Crippen molar-refractivity contribution in [3.8, 4) is 0 Å². The summed E-state index contributed by atoms with van der Waals surface area (Å²) in [5.74, 6) is 0. The molecule has 0 saturated heterocycles. The van der Waals surface area contributed by atoms with E-state index in [9.17, 15) is 10.1 Å². The van der Waals surface area contributed by atoms with Gasteiger partial charge in [0.1, 0.15) is 0 Å². The first kappa shape index (κ1) is 6.69. The van der Waals surface area contributed by atoms with Gasteiger partial charge in [0.05, 0.1) is 17.5 Å². The van der Waals surface area contributed by atoms with Gasteiger partial charge >= 0.3 is 5.70 Å². The van der Waals surface area contributed by atoms with E-state index in [4.69, 9.17) is 5.11 Å². The Morgan fingerprint density at radius 1 is 1.90 bits per heavy atom. The highest BCUT2D eigenvalue weighted by molar-refractivity contribution is 5.57. The molecule has 6 heteroatoms. The molecule has 1 aliphatic rings. The Morgan fingerprint density at radius 2 is 2.60 bits per heavy atom. The highest BCUT2D eigenvalue weighted by Crippen LogP contribution is 2.04. The fraction of sp³-hybridized carbons (Fsp3) is 0.250. The Kier molecular flexibility index (Phi) is 1.63. The highest BCUT2D eigenvalue weighted by atomic mass is 16.6. The van der Waals surface area contributed by atoms with Crippen molar-refractivity contribution in [2.24, 2.45) is 4.99 Å². The summed E-state index contributed by atoms with van der Waals surface area (Å²) in [4.78, 5) is 12.7. The Morgan fingerprint density at radius 3 is 3.00 bits per heavy atom. The molecule has 10 heavy (non-hydrogen) atoms. The molecule has 1 unspecified atom stereocenters. The van der Waals surface area contributed by atoms with Gasteiger partial charge in [0.15, 0.2) is 0 Å². The Bertz CT molecular complexity index is 210. The molecule has 54 valence electrons. The molecule has 0 aromatic rings. The zero-order valence-electron chi connectivity index (χ0n) is 4.89. The molecule has 6 nitrogen and oxygen atoms in total. The zero-order chi connectivity index (χ0) is 7.56. The third-order valence-electron chi connectivity index (χ3n) is 0.997. The van der Waals surface area contributed by atoms with Crippen LogP contribution >= 0.6 is 0 Å². The summed E-state index contributed by atoms with van der Waals surface area (Å²) >= 11 is 0. The van der Waals surface area contributed by atoms with Crippen molar-refractivity contribution >= 4 is 6.34 Å². The van der Waals surface area contributed by atoms with Crippen molar-refractivity contribution in [2.75, 3.05) is 0 Å². The lowest BCUT2D eigenvalue weighted by Gasteiger charge is -2.05. The lowest BCUT2D eigenvalue weighted by Crippen LogP contribution is -2.23. The Balaban J connectivity index is 2.76. The summed E-state index contributed by atoms with van der Waals surface area (Å²) in [6, 6.07) is 0. The molecule has 1 heterocycles. The predicted molar refractivity (Wildman–Crippen MR) is 32.7 cm³/mol. The lowest BCUT2D eigenvalue weighted by molar-refractivity contribution is -0.436. The maximum atomic E-state index is 10.0. The fourth-order valence-corrected chi connectivity index (χ4v) is 0.534. The third kappa shape index (κ3) is 1.11. The van der Waals surface area contributed by atoms with Crippen LogP contribution < -0.4 is 5.32 Å². The van der Waals surface area contributed by atoms with Crippen molar-refractivity contribution in [3.05, 3.63) is 22.0 Å². The zero-order valence-corrected chi connectivity index (χ0v) is 4.89. The minimum atomic E-state index is -1.34. The Labute approximate surface area is 56.0 Å². The number of nitro groups is 1. The van der Waals surface area contributed by atoms with Crippen molar-refractivity contribution in [1.29, 1.82) is 0 Å². The van der Waals surface area contributed by atoms with E-state index in [1.807, 2.05) is 0 Å². The van der Waals surface area contributed by atoms with E-state index in [-0.39, 0.29) is 5.70 Å². The summed E-state index contributed by atoms with van der Waals surface area (Å²) in [6.07, 6.45) is 0.950. The van der Waals surface area contributed by atoms with Gasteiger partial charge in [0, 0.05) is 0 Å². The molecule has 1 rings (SSSR count). The van der Waals surface area contributed by atoms with E-state index in [1.54, 1.807) is 0 Å². The van der Waals surface area contributed by atoms with Crippen molar-refractivity contribution < 1.29 is 10.0 Å². The minimum Gasteiger partial charge on any atom is -0.363 e. The van der Waals surface area contributed by atoms with Crippen molar-refractivity contribution in [3.63, 3.8) is 0 Å². The molecule has 0 radical (unpaired) electrons. The standard InChI is InChI=1S/C4H5N3O3/c8-4-3(7(9)10)1-5-2-6-4/h1-2,4,8H,(H,5,6). The lowest BCUT2D eigenvalue weighted by atomic mass is 10.4. The molecule has 1 aliphatic heterocycles. The van der Waals surface area contributed by atoms with E-state index in [2.05, 4.69) is 10.3 Å². The van der Waals surface area contributed by atoms with Crippen LogP contribution in [0, 0.1) is 10.1 Å². The number of nitrogens with zero attached hydrogens (tertiary/aromatic N) is 2. The van der Waals surface area contributed by atoms with E-state index < -0.39 is 11.2 Å². The molecule has 0 bridgehead atoms. The molecular weight excluding hydrogens is 138 g/mol. The summed E-state index contributed by atoms with van der Waals surface area (Å²) < 4.78 is 0. The fourth-order valence-electron chi connectivity index (χ4n) is 0.534. The number of aliphatic hydroxyl groups is 1. The van der Waals surface area contributed by atoms with Crippen LogP contribution in [0.3, 0.4) is 0 Å². The second-order valence-electron chi connectivity index (χ2n) is 1.64. The van der Waals surface area contributed by atoms with Crippen LogP contribution in [-0.4, -0.2) is 22.6 Å². The van der Waals surface area contributed by atoms with Crippen LogP contribution in [0.4, 0.5) is 0 Å². The first-order valence-corrected chi connectivity index (χ1v) is 2.52. The first-order chi connectivity index (χ1) is 4.72. The Hall–Kier alpha value is -1.43. The van der Waals surface area contributed by atoms with E-state index >= 15 is 0 Å². The van der Waals surface area contributed by atoms with Gasteiger partial charge in [0.25, 0.3) is 0 Å². The van der Waals surface area contributed by atoms with E-state index in [0.717, 1.165) is 6.20 Å². The molecule has 0 aliphatic carbocycles.